The van der Waals surface area contributed by atoms with Crippen LogP contribution in [-0.2, 0) is 11.3 Å². The van der Waals surface area contributed by atoms with Crippen LogP contribution in [0.5, 0.6) is 0 Å². The number of benzene rings is 1. The van der Waals surface area contributed by atoms with Crippen molar-refractivity contribution in [2.45, 2.75) is 44.1 Å². The van der Waals surface area contributed by atoms with E-state index in [4.69, 9.17) is 4.74 Å². The molecule has 0 bridgehead atoms. The number of ether oxygens (including phenoxy) is 1. The summed E-state index contributed by atoms with van der Waals surface area (Å²) in [6, 6.07) is 8.78. The van der Waals surface area contributed by atoms with Gasteiger partial charge in [0.2, 0.25) is 0 Å². The summed E-state index contributed by atoms with van der Waals surface area (Å²) in [5.74, 6) is 0. The second kappa shape index (κ2) is 7.10. The van der Waals surface area contributed by atoms with Crippen LogP contribution in [0.2, 0.25) is 0 Å². The third-order valence-electron chi connectivity index (χ3n) is 5.27. The van der Waals surface area contributed by atoms with E-state index in [9.17, 15) is 24.9 Å². The lowest BCUT2D eigenvalue weighted by Gasteiger charge is -2.18. The van der Waals surface area contributed by atoms with Gasteiger partial charge in [-0.05, 0) is 12.5 Å². The van der Waals surface area contributed by atoms with Crippen molar-refractivity contribution in [2.24, 2.45) is 4.99 Å². The molecule has 2 aromatic rings. The number of rotatable bonds is 4. The molecule has 2 unspecified atom stereocenters. The van der Waals surface area contributed by atoms with E-state index in [1.54, 1.807) is 0 Å². The van der Waals surface area contributed by atoms with Gasteiger partial charge >= 0.3 is 5.69 Å². The Balaban J connectivity index is 1.71. The Morgan fingerprint density at radius 2 is 1.89 bits per heavy atom. The SMILES string of the molecule is CC1N=C(Cn2c(=O)ccn([C@@H]3O[C@H](CO)[C@H](O)C3O)c2=O)c2ccccc21. The molecule has 9 heteroatoms. The molecule has 0 amide bonds. The van der Waals surface area contributed by atoms with Gasteiger partial charge in [0.15, 0.2) is 6.23 Å². The lowest BCUT2D eigenvalue weighted by Crippen LogP contribution is -2.44. The van der Waals surface area contributed by atoms with E-state index >= 15 is 0 Å². The molecule has 1 saturated heterocycles. The highest BCUT2D eigenvalue weighted by Crippen LogP contribution is 2.29. The van der Waals surface area contributed by atoms with E-state index in [1.807, 2.05) is 31.2 Å². The number of hydrogen-bond acceptors (Lipinski definition) is 7. The molecule has 0 spiro atoms. The number of fused-ring (bicyclic) bond motifs is 1. The molecule has 3 heterocycles. The molecular formula is C19H21N3O6. The molecule has 5 atom stereocenters. The summed E-state index contributed by atoms with van der Waals surface area (Å²) < 4.78 is 7.48. The molecule has 2 aliphatic heterocycles. The van der Waals surface area contributed by atoms with Crippen LogP contribution in [0.1, 0.15) is 30.3 Å². The predicted octanol–water partition coefficient (Wildman–Crippen LogP) is -0.815. The summed E-state index contributed by atoms with van der Waals surface area (Å²) in [6.45, 7) is 1.42. The highest BCUT2D eigenvalue weighted by molar-refractivity contribution is 6.04. The number of aliphatic hydroxyl groups is 3. The molecule has 0 saturated carbocycles. The Morgan fingerprint density at radius 1 is 1.14 bits per heavy atom. The summed E-state index contributed by atoms with van der Waals surface area (Å²) in [6.07, 6.45) is -3.75. The lowest BCUT2D eigenvalue weighted by molar-refractivity contribution is -0.0555. The van der Waals surface area contributed by atoms with Crippen molar-refractivity contribution in [1.82, 2.24) is 9.13 Å². The van der Waals surface area contributed by atoms with Crippen LogP contribution in [-0.4, -0.2) is 55.1 Å². The molecule has 4 rings (SSSR count). The number of nitrogens with zero attached hydrogens (tertiary/aromatic N) is 3. The van der Waals surface area contributed by atoms with Crippen molar-refractivity contribution in [3.05, 3.63) is 68.5 Å². The first-order valence-corrected chi connectivity index (χ1v) is 9.02. The van der Waals surface area contributed by atoms with Crippen LogP contribution in [0.25, 0.3) is 0 Å². The predicted molar refractivity (Wildman–Crippen MR) is 99.4 cm³/mol. The van der Waals surface area contributed by atoms with E-state index in [0.717, 1.165) is 20.3 Å². The van der Waals surface area contributed by atoms with Gasteiger partial charge in [-0.25, -0.2) is 4.79 Å². The average molecular weight is 387 g/mol. The first-order valence-electron chi connectivity index (χ1n) is 9.02. The maximum atomic E-state index is 12.9. The lowest BCUT2D eigenvalue weighted by atomic mass is 10.0. The smallest absolute Gasteiger partial charge is 0.333 e. The van der Waals surface area contributed by atoms with Gasteiger partial charge in [-0.2, -0.15) is 0 Å². The van der Waals surface area contributed by atoms with Crippen LogP contribution in [0.4, 0.5) is 0 Å². The van der Waals surface area contributed by atoms with Crippen molar-refractivity contribution in [2.75, 3.05) is 6.61 Å². The molecule has 1 aromatic heterocycles. The van der Waals surface area contributed by atoms with Gasteiger partial charge in [-0.15, -0.1) is 0 Å². The molecule has 2 aliphatic rings. The molecule has 0 aliphatic carbocycles. The third-order valence-corrected chi connectivity index (χ3v) is 5.27. The average Bonchev–Trinajstić information content (AvgIpc) is 3.16. The summed E-state index contributed by atoms with van der Waals surface area (Å²) in [4.78, 5) is 29.9. The number of aliphatic imine (C=N–C) groups is 1. The largest absolute Gasteiger partial charge is 0.394 e. The van der Waals surface area contributed by atoms with Crippen molar-refractivity contribution in [1.29, 1.82) is 0 Å². The zero-order chi connectivity index (χ0) is 20.0. The minimum absolute atomic E-state index is 0.0192. The van der Waals surface area contributed by atoms with Gasteiger partial charge in [0, 0.05) is 17.8 Å². The van der Waals surface area contributed by atoms with E-state index in [1.165, 1.54) is 12.3 Å². The highest BCUT2D eigenvalue weighted by atomic mass is 16.6. The van der Waals surface area contributed by atoms with Gasteiger partial charge < -0.3 is 20.1 Å². The fourth-order valence-electron chi connectivity index (χ4n) is 3.75. The minimum atomic E-state index is -1.41. The number of aromatic nitrogens is 2. The molecule has 0 radical (unpaired) electrons. The van der Waals surface area contributed by atoms with E-state index < -0.39 is 42.4 Å². The topological polar surface area (TPSA) is 126 Å². The Hall–Kier alpha value is -2.59. The fraction of sp³-hybridized carbons (Fsp3) is 0.421. The van der Waals surface area contributed by atoms with Crippen LogP contribution in [0.3, 0.4) is 0 Å². The monoisotopic (exact) mass is 387 g/mol. The summed E-state index contributed by atoms with van der Waals surface area (Å²) in [5.41, 5.74) is 1.35. The second-order valence-electron chi connectivity index (χ2n) is 7.00. The standard InChI is InChI=1S/C19H21N3O6/c1-10-11-4-2-3-5-12(11)13(20-10)8-22-15(24)6-7-21(19(22)27)18-17(26)16(25)14(9-23)28-18/h2-7,10,14,16-18,23,25-26H,8-9H2,1H3/t10?,14-,16+,17?,18-/m1/s1. The number of aliphatic hydroxyl groups excluding tert-OH is 3. The summed E-state index contributed by atoms with van der Waals surface area (Å²) in [5, 5.41) is 29.4. The van der Waals surface area contributed by atoms with Crippen molar-refractivity contribution >= 4 is 5.71 Å². The molecule has 148 valence electrons. The second-order valence-corrected chi connectivity index (χ2v) is 7.00. The molecule has 1 aromatic carbocycles. The molecule has 1 fully saturated rings. The highest BCUT2D eigenvalue weighted by Gasteiger charge is 2.43. The van der Waals surface area contributed by atoms with Gasteiger partial charge in [-0.1, -0.05) is 24.3 Å². The van der Waals surface area contributed by atoms with Crippen LogP contribution in [0.15, 0.2) is 51.1 Å². The molecule has 9 nitrogen and oxygen atoms in total. The van der Waals surface area contributed by atoms with Crippen LogP contribution < -0.4 is 11.2 Å². The summed E-state index contributed by atoms with van der Waals surface area (Å²) in [7, 11) is 0. The third kappa shape index (κ3) is 2.92. The van der Waals surface area contributed by atoms with E-state index in [-0.39, 0.29) is 12.6 Å². The first-order chi connectivity index (χ1) is 13.4. The van der Waals surface area contributed by atoms with Gasteiger partial charge in [0.25, 0.3) is 5.56 Å². The maximum absolute atomic E-state index is 12.9. The zero-order valence-corrected chi connectivity index (χ0v) is 15.2. The van der Waals surface area contributed by atoms with Crippen molar-refractivity contribution in [3.8, 4) is 0 Å². The van der Waals surface area contributed by atoms with Crippen LogP contribution >= 0.6 is 0 Å². The van der Waals surface area contributed by atoms with Crippen molar-refractivity contribution < 1.29 is 20.1 Å². The minimum Gasteiger partial charge on any atom is -0.394 e. The molecule has 3 N–H and O–H groups in total. The molecular weight excluding hydrogens is 366 g/mol. The first kappa shape index (κ1) is 18.8. The fourth-order valence-corrected chi connectivity index (χ4v) is 3.75. The van der Waals surface area contributed by atoms with Gasteiger partial charge in [0.1, 0.15) is 18.3 Å². The Kier molecular flexibility index (Phi) is 4.76. The van der Waals surface area contributed by atoms with E-state index in [2.05, 4.69) is 4.99 Å². The zero-order valence-electron chi connectivity index (χ0n) is 15.2. The van der Waals surface area contributed by atoms with Gasteiger partial charge in [-0.3, -0.25) is 18.9 Å². The Morgan fingerprint density at radius 3 is 2.61 bits per heavy atom. The van der Waals surface area contributed by atoms with E-state index in [0.29, 0.717) is 5.71 Å². The summed E-state index contributed by atoms with van der Waals surface area (Å²) >= 11 is 0. The quantitative estimate of drug-likeness (QED) is 0.630. The molecule has 28 heavy (non-hydrogen) atoms. The van der Waals surface area contributed by atoms with Crippen molar-refractivity contribution in [3.63, 3.8) is 0 Å². The normalized spacial score (nSPS) is 29.0. The Labute approximate surface area is 159 Å². The maximum Gasteiger partial charge on any atom is 0.333 e. The van der Waals surface area contributed by atoms with Crippen LogP contribution in [0, 0.1) is 0 Å². The van der Waals surface area contributed by atoms with Gasteiger partial charge in [0.05, 0.1) is 24.9 Å². The Bertz CT molecular complexity index is 1040. The number of hydrogen-bond donors (Lipinski definition) is 3.